The number of rotatable bonds is 4. The number of hydrogen-bond donors (Lipinski definition) is 1. The Balaban J connectivity index is 0.00000200. The Morgan fingerprint density at radius 1 is 1.35 bits per heavy atom. The van der Waals surface area contributed by atoms with Gasteiger partial charge < -0.3 is 14.8 Å². The van der Waals surface area contributed by atoms with Crippen molar-refractivity contribution in [2.75, 3.05) is 33.9 Å². The van der Waals surface area contributed by atoms with Crippen LogP contribution < -0.4 is 14.8 Å². The summed E-state index contributed by atoms with van der Waals surface area (Å²) in [5, 5.41) is 3.41. The van der Waals surface area contributed by atoms with Crippen molar-refractivity contribution in [3.63, 3.8) is 0 Å². The second kappa shape index (κ2) is 8.08. The summed E-state index contributed by atoms with van der Waals surface area (Å²) in [4.78, 5) is 2.47. The van der Waals surface area contributed by atoms with Crippen LogP contribution in [0, 0.1) is 0 Å². The highest BCUT2D eigenvalue weighted by Gasteiger charge is 2.20. The number of ether oxygens (including phenoxy) is 2. The van der Waals surface area contributed by atoms with Gasteiger partial charge in [0.05, 0.1) is 18.7 Å². The smallest absolute Gasteiger partial charge is 0.175 e. The van der Waals surface area contributed by atoms with Crippen LogP contribution in [0.4, 0.5) is 0 Å². The Kier molecular flexibility index (Phi) is 7.09. The predicted octanol–water partition coefficient (Wildman–Crippen LogP) is 2.68. The van der Waals surface area contributed by atoms with Crippen LogP contribution in [0.5, 0.6) is 11.5 Å². The zero-order valence-corrected chi connectivity index (χ0v) is 14.5. The van der Waals surface area contributed by atoms with E-state index < -0.39 is 0 Å². The average Bonchev–Trinajstić information content (AvgIpc) is 2.43. The van der Waals surface area contributed by atoms with Gasteiger partial charge in [-0.05, 0) is 34.5 Å². The van der Waals surface area contributed by atoms with Gasteiger partial charge in [0, 0.05) is 32.2 Å². The standard InChI is InChI=1S/C14H21BrN2O2.ClH/c1-10-8-16-6-7-17(10)9-11-4-5-12(18-2)14(19-3)13(11)15;/h4-5,10,16H,6-9H2,1-3H3;1H/t10-;/m0./s1. The van der Waals surface area contributed by atoms with Gasteiger partial charge in [-0.2, -0.15) is 0 Å². The first-order chi connectivity index (χ1) is 9.17. The van der Waals surface area contributed by atoms with Gasteiger partial charge in [0.1, 0.15) is 0 Å². The van der Waals surface area contributed by atoms with Gasteiger partial charge in [-0.1, -0.05) is 6.07 Å². The molecule has 1 saturated heterocycles. The maximum Gasteiger partial charge on any atom is 0.175 e. The van der Waals surface area contributed by atoms with Crippen LogP contribution in [0.1, 0.15) is 12.5 Å². The highest BCUT2D eigenvalue weighted by Crippen LogP contribution is 2.38. The van der Waals surface area contributed by atoms with Crippen LogP contribution in [0.3, 0.4) is 0 Å². The number of hydrogen-bond acceptors (Lipinski definition) is 4. The molecule has 0 unspecified atom stereocenters. The number of benzene rings is 1. The summed E-state index contributed by atoms with van der Waals surface area (Å²) in [5.74, 6) is 1.52. The number of methoxy groups -OCH3 is 2. The summed E-state index contributed by atoms with van der Waals surface area (Å²) in [6.45, 7) is 6.34. The molecule has 0 aliphatic carbocycles. The first-order valence-corrected chi connectivity index (χ1v) is 7.30. The van der Waals surface area contributed by atoms with Gasteiger partial charge >= 0.3 is 0 Å². The van der Waals surface area contributed by atoms with E-state index in [4.69, 9.17) is 9.47 Å². The van der Waals surface area contributed by atoms with Crippen LogP contribution in [0.2, 0.25) is 0 Å². The molecule has 20 heavy (non-hydrogen) atoms. The maximum atomic E-state index is 5.42. The lowest BCUT2D eigenvalue weighted by molar-refractivity contribution is 0.165. The molecule has 114 valence electrons. The van der Waals surface area contributed by atoms with Crippen LogP contribution >= 0.6 is 28.3 Å². The van der Waals surface area contributed by atoms with Gasteiger partial charge in [0.15, 0.2) is 11.5 Å². The van der Waals surface area contributed by atoms with Crippen LogP contribution in [-0.2, 0) is 6.54 Å². The Morgan fingerprint density at radius 2 is 2.10 bits per heavy atom. The van der Waals surface area contributed by atoms with Crippen LogP contribution in [-0.4, -0.2) is 44.8 Å². The number of halogens is 2. The molecular formula is C14H22BrClN2O2. The number of nitrogens with zero attached hydrogens (tertiary/aromatic N) is 1. The minimum atomic E-state index is 0. The van der Waals surface area contributed by atoms with E-state index in [9.17, 15) is 0 Å². The van der Waals surface area contributed by atoms with E-state index in [1.165, 1.54) is 5.56 Å². The van der Waals surface area contributed by atoms with Crippen LogP contribution in [0.15, 0.2) is 16.6 Å². The van der Waals surface area contributed by atoms with Crippen molar-refractivity contribution in [1.29, 1.82) is 0 Å². The van der Waals surface area contributed by atoms with E-state index in [1.807, 2.05) is 6.07 Å². The van der Waals surface area contributed by atoms with E-state index in [1.54, 1.807) is 14.2 Å². The zero-order chi connectivity index (χ0) is 13.8. The largest absolute Gasteiger partial charge is 0.493 e. The lowest BCUT2D eigenvalue weighted by atomic mass is 10.1. The maximum absolute atomic E-state index is 5.42. The minimum absolute atomic E-state index is 0. The van der Waals surface area contributed by atoms with E-state index >= 15 is 0 Å². The molecule has 2 rings (SSSR count). The molecule has 0 saturated carbocycles. The third-order valence-corrected chi connectivity index (χ3v) is 4.45. The molecule has 0 radical (unpaired) electrons. The van der Waals surface area contributed by atoms with Crippen molar-refractivity contribution in [2.24, 2.45) is 0 Å². The number of nitrogens with one attached hydrogen (secondary N) is 1. The fourth-order valence-electron chi connectivity index (χ4n) is 2.39. The monoisotopic (exact) mass is 364 g/mol. The van der Waals surface area contributed by atoms with Crippen molar-refractivity contribution >= 4 is 28.3 Å². The molecule has 0 amide bonds. The summed E-state index contributed by atoms with van der Waals surface area (Å²) in [6.07, 6.45) is 0. The summed E-state index contributed by atoms with van der Waals surface area (Å²) >= 11 is 3.63. The van der Waals surface area contributed by atoms with Crippen molar-refractivity contribution in [3.05, 3.63) is 22.2 Å². The number of piperazine rings is 1. The molecule has 1 heterocycles. The molecule has 4 nitrogen and oxygen atoms in total. The molecule has 1 aliphatic rings. The summed E-state index contributed by atoms with van der Waals surface area (Å²) in [5.41, 5.74) is 1.23. The summed E-state index contributed by atoms with van der Waals surface area (Å²) < 4.78 is 11.7. The van der Waals surface area contributed by atoms with E-state index in [-0.39, 0.29) is 12.4 Å². The van der Waals surface area contributed by atoms with E-state index in [2.05, 4.69) is 39.1 Å². The van der Waals surface area contributed by atoms with Crippen molar-refractivity contribution in [2.45, 2.75) is 19.5 Å². The lowest BCUT2D eigenvalue weighted by Gasteiger charge is -2.34. The Hall–Kier alpha value is -0.490. The molecule has 0 aromatic heterocycles. The van der Waals surface area contributed by atoms with Gasteiger partial charge in [-0.3, -0.25) is 4.90 Å². The normalized spacial score (nSPS) is 19.3. The molecular weight excluding hydrogens is 344 g/mol. The Morgan fingerprint density at radius 3 is 2.70 bits per heavy atom. The summed E-state index contributed by atoms with van der Waals surface area (Å²) in [7, 11) is 3.32. The molecule has 1 fully saturated rings. The van der Waals surface area contributed by atoms with Gasteiger partial charge in [-0.15, -0.1) is 12.4 Å². The van der Waals surface area contributed by atoms with Gasteiger partial charge in [0.25, 0.3) is 0 Å². The molecule has 1 aromatic rings. The minimum Gasteiger partial charge on any atom is -0.493 e. The van der Waals surface area contributed by atoms with E-state index in [0.717, 1.165) is 42.2 Å². The quantitative estimate of drug-likeness (QED) is 0.889. The molecule has 6 heteroatoms. The Bertz CT molecular complexity index is 445. The van der Waals surface area contributed by atoms with Gasteiger partial charge in [-0.25, -0.2) is 0 Å². The Labute approximate surface area is 135 Å². The first-order valence-electron chi connectivity index (χ1n) is 6.51. The molecule has 1 atom stereocenters. The first kappa shape index (κ1) is 17.6. The summed E-state index contributed by atoms with van der Waals surface area (Å²) in [6, 6.07) is 4.61. The molecule has 1 aromatic carbocycles. The van der Waals surface area contributed by atoms with Gasteiger partial charge in [0.2, 0.25) is 0 Å². The zero-order valence-electron chi connectivity index (χ0n) is 12.1. The highest BCUT2D eigenvalue weighted by atomic mass is 79.9. The molecule has 1 aliphatic heterocycles. The third-order valence-electron chi connectivity index (χ3n) is 3.58. The van der Waals surface area contributed by atoms with Crippen molar-refractivity contribution in [1.82, 2.24) is 10.2 Å². The molecule has 1 N–H and O–H groups in total. The molecule has 0 spiro atoms. The predicted molar refractivity (Wildman–Crippen MR) is 87.2 cm³/mol. The third kappa shape index (κ3) is 3.79. The van der Waals surface area contributed by atoms with Crippen molar-refractivity contribution in [3.8, 4) is 11.5 Å². The highest BCUT2D eigenvalue weighted by molar-refractivity contribution is 9.10. The van der Waals surface area contributed by atoms with Crippen LogP contribution in [0.25, 0.3) is 0 Å². The lowest BCUT2D eigenvalue weighted by Crippen LogP contribution is -2.49. The topological polar surface area (TPSA) is 33.7 Å². The fourth-order valence-corrected chi connectivity index (χ4v) is 3.00. The van der Waals surface area contributed by atoms with E-state index in [0.29, 0.717) is 6.04 Å². The second-order valence-electron chi connectivity index (χ2n) is 4.80. The fraction of sp³-hybridized carbons (Fsp3) is 0.571. The SMILES string of the molecule is COc1ccc(CN2CCNC[C@@H]2C)c(Br)c1OC.Cl. The second-order valence-corrected chi connectivity index (χ2v) is 5.59. The van der Waals surface area contributed by atoms with Crippen molar-refractivity contribution < 1.29 is 9.47 Å². The molecule has 0 bridgehead atoms. The average molecular weight is 366 g/mol.